The molecule has 2 aromatic rings. The maximum atomic E-state index is 5.45. The molecule has 0 aliphatic carbocycles. The van der Waals surface area contributed by atoms with Crippen LogP contribution in [0.4, 0.5) is 0 Å². The highest BCUT2D eigenvalue weighted by Gasteiger charge is 2.16. The van der Waals surface area contributed by atoms with Crippen molar-refractivity contribution < 1.29 is 8.83 Å². The molecule has 0 saturated carbocycles. The minimum atomic E-state index is 0.892. The molecule has 1 aliphatic rings. The lowest BCUT2D eigenvalue weighted by Crippen LogP contribution is -1.94. The predicted molar refractivity (Wildman–Crippen MR) is 65.8 cm³/mol. The van der Waals surface area contributed by atoms with E-state index in [-0.39, 0.29) is 0 Å². The summed E-state index contributed by atoms with van der Waals surface area (Å²) in [7, 11) is 0. The van der Waals surface area contributed by atoms with Crippen molar-refractivity contribution in [2.75, 3.05) is 5.75 Å². The van der Waals surface area contributed by atoms with Crippen LogP contribution in [0.5, 0.6) is 0 Å². The Morgan fingerprint density at radius 1 is 1.00 bits per heavy atom. The number of hydrogen-bond donors (Lipinski definition) is 0. The lowest BCUT2D eigenvalue weighted by molar-refractivity contribution is 0.547. The number of rotatable bonds is 2. The molecule has 16 heavy (non-hydrogen) atoms. The Hall–Kier alpha value is -1.61. The largest absolute Gasteiger partial charge is 0.465 e. The van der Waals surface area contributed by atoms with Crippen LogP contribution in [0, 0.1) is 0 Å². The van der Waals surface area contributed by atoms with Gasteiger partial charge in [-0.3, -0.25) is 0 Å². The molecule has 0 spiro atoms. The van der Waals surface area contributed by atoms with Gasteiger partial charge in [0.1, 0.15) is 11.5 Å². The molecule has 0 fully saturated rings. The van der Waals surface area contributed by atoms with Crippen LogP contribution in [0.1, 0.15) is 11.5 Å². The van der Waals surface area contributed by atoms with Gasteiger partial charge in [0.15, 0.2) is 0 Å². The summed E-state index contributed by atoms with van der Waals surface area (Å²) in [6, 6.07) is 7.76. The third-order valence-electron chi connectivity index (χ3n) is 2.49. The maximum absolute atomic E-state index is 5.45. The topological polar surface area (TPSA) is 26.3 Å². The molecule has 0 unspecified atom stereocenters. The van der Waals surface area contributed by atoms with E-state index in [9.17, 15) is 0 Å². The van der Waals surface area contributed by atoms with Crippen LogP contribution in [0.25, 0.3) is 11.1 Å². The van der Waals surface area contributed by atoms with Crippen molar-refractivity contribution in [2.45, 2.75) is 0 Å². The van der Waals surface area contributed by atoms with Crippen molar-refractivity contribution in [1.29, 1.82) is 0 Å². The molecule has 0 amide bonds. The summed E-state index contributed by atoms with van der Waals surface area (Å²) in [6.07, 6.45) is 5.47. The molecule has 3 rings (SSSR count). The zero-order chi connectivity index (χ0) is 10.8. The molecule has 0 saturated heterocycles. The average molecular weight is 230 g/mol. The molecule has 80 valence electrons. The Morgan fingerprint density at radius 3 is 2.44 bits per heavy atom. The van der Waals surface area contributed by atoms with E-state index < -0.39 is 0 Å². The second-order valence-electron chi connectivity index (χ2n) is 3.46. The Bertz CT molecular complexity index is 518. The third kappa shape index (κ3) is 1.63. The highest BCUT2D eigenvalue weighted by atomic mass is 32.2. The molecule has 3 heteroatoms. The molecule has 0 bridgehead atoms. The van der Waals surface area contributed by atoms with E-state index in [0.717, 1.165) is 22.8 Å². The molecule has 0 aromatic carbocycles. The number of furan rings is 2. The van der Waals surface area contributed by atoms with Gasteiger partial charge in [-0.25, -0.2) is 0 Å². The van der Waals surface area contributed by atoms with Crippen molar-refractivity contribution in [2.24, 2.45) is 0 Å². The van der Waals surface area contributed by atoms with Crippen LogP contribution in [-0.2, 0) is 0 Å². The summed E-state index contributed by atoms with van der Waals surface area (Å²) < 4.78 is 10.9. The van der Waals surface area contributed by atoms with Gasteiger partial charge in [0.25, 0.3) is 0 Å². The molecule has 0 radical (unpaired) electrons. The van der Waals surface area contributed by atoms with Gasteiger partial charge in [-0.15, -0.1) is 11.8 Å². The standard InChI is InChI=1S/C13H10O2S/c1-3-12(14-6-1)10-5-8-16-9-11(10)13-4-2-7-15-13/h1-8H,9H2. The van der Waals surface area contributed by atoms with E-state index in [2.05, 4.69) is 11.5 Å². The molecule has 0 N–H and O–H groups in total. The van der Waals surface area contributed by atoms with Crippen LogP contribution in [0.3, 0.4) is 0 Å². The monoisotopic (exact) mass is 230 g/mol. The normalized spacial score (nSPS) is 15.8. The summed E-state index contributed by atoms with van der Waals surface area (Å²) in [5.74, 6) is 2.73. The Kier molecular flexibility index (Phi) is 2.46. The van der Waals surface area contributed by atoms with Gasteiger partial charge < -0.3 is 8.83 Å². The molecule has 1 aliphatic heterocycles. The highest BCUT2D eigenvalue weighted by Crippen LogP contribution is 2.34. The number of thioether (sulfide) groups is 1. The fourth-order valence-corrected chi connectivity index (χ4v) is 2.54. The zero-order valence-corrected chi connectivity index (χ0v) is 9.37. The van der Waals surface area contributed by atoms with Gasteiger partial charge in [-0.05, 0) is 35.7 Å². The first kappa shape index (κ1) is 9.60. The van der Waals surface area contributed by atoms with E-state index >= 15 is 0 Å². The fourth-order valence-electron chi connectivity index (χ4n) is 1.74. The van der Waals surface area contributed by atoms with E-state index in [1.807, 2.05) is 24.3 Å². The lowest BCUT2D eigenvalue weighted by Gasteiger charge is -2.11. The minimum Gasteiger partial charge on any atom is -0.465 e. The third-order valence-corrected chi connectivity index (χ3v) is 3.27. The first-order valence-corrected chi connectivity index (χ1v) is 6.09. The van der Waals surface area contributed by atoms with E-state index in [4.69, 9.17) is 8.83 Å². The molecular weight excluding hydrogens is 220 g/mol. The van der Waals surface area contributed by atoms with Crippen LogP contribution < -0.4 is 0 Å². The van der Waals surface area contributed by atoms with Gasteiger partial charge in [0.05, 0.1) is 12.5 Å². The molecular formula is C13H10O2S. The second kappa shape index (κ2) is 4.10. The van der Waals surface area contributed by atoms with Gasteiger partial charge in [0, 0.05) is 16.9 Å². The first-order valence-electron chi connectivity index (χ1n) is 5.04. The Morgan fingerprint density at radius 2 is 1.75 bits per heavy atom. The van der Waals surface area contributed by atoms with Gasteiger partial charge in [-0.2, -0.15) is 0 Å². The van der Waals surface area contributed by atoms with Crippen LogP contribution >= 0.6 is 11.8 Å². The SMILES string of the molecule is C1=CC(c2ccco2)=C(c2ccco2)CS1. The van der Waals surface area contributed by atoms with Crippen molar-refractivity contribution in [3.05, 3.63) is 59.8 Å². The van der Waals surface area contributed by atoms with Gasteiger partial charge in [0.2, 0.25) is 0 Å². The Balaban J connectivity index is 2.13. The maximum Gasteiger partial charge on any atom is 0.134 e. The summed E-state index contributed by atoms with van der Waals surface area (Å²) in [6.45, 7) is 0. The molecule has 3 heterocycles. The van der Waals surface area contributed by atoms with Crippen LogP contribution in [-0.4, -0.2) is 5.75 Å². The summed E-state index contributed by atoms with van der Waals surface area (Å²) in [4.78, 5) is 0. The van der Waals surface area contributed by atoms with Gasteiger partial charge in [-0.1, -0.05) is 0 Å². The quantitative estimate of drug-likeness (QED) is 0.778. The van der Waals surface area contributed by atoms with E-state index in [1.165, 1.54) is 5.57 Å². The molecule has 2 nitrogen and oxygen atoms in total. The first-order chi connectivity index (χ1) is 7.95. The number of hydrogen-bond acceptors (Lipinski definition) is 3. The number of allylic oxidation sites excluding steroid dienone is 2. The minimum absolute atomic E-state index is 0.892. The Labute approximate surface area is 97.6 Å². The predicted octanol–water partition coefficient (Wildman–Crippen LogP) is 4.04. The summed E-state index contributed by atoms with van der Waals surface area (Å²) >= 11 is 1.76. The van der Waals surface area contributed by atoms with Crippen LogP contribution in [0.2, 0.25) is 0 Å². The smallest absolute Gasteiger partial charge is 0.134 e. The zero-order valence-electron chi connectivity index (χ0n) is 8.55. The summed E-state index contributed by atoms with van der Waals surface area (Å²) in [5.41, 5.74) is 2.30. The highest BCUT2D eigenvalue weighted by molar-refractivity contribution is 8.02. The van der Waals surface area contributed by atoms with Crippen molar-refractivity contribution in [3.63, 3.8) is 0 Å². The second-order valence-corrected chi connectivity index (χ2v) is 4.35. The lowest BCUT2D eigenvalue weighted by atomic mass is 10.0. The van der Waals surface area contributed by atoms with Crippen molar-refractivity contribution in [3.8, 4) is 0 Å². The fraction of sp³-hybridized carbons (Fsp3) is 0.0769. The molecule has 2 aromatic heterocycles. The van der Waals surface area contributed by atoms with Gasteiger partial charge >= 0.3 is 0 Å². The summed E-state index contributed by atoms with van der Waals surface area (Å²) in [5, 5.41) is 2.09. The van der Waals surface area contributed by atoms with Crippen molar-refractivity contribution in [1.82, 2.24) is 0 Å². The van der Waals surface area contributed by atoms with Crippen molar-refractivity contribution >= 4 is 22.9 Å². The van der Waals surface area contributed by atoms with E-state index in [0.29, 0.717) is 0 Å². The molecule has 0 atom stereocenters. The average Bonchev–Trinajstić information content (AvgIpc) is 3.03. The van der Waals surface area contributed by atoms with E-state index in [1.54, 1.807) is 24.3 Å². The van der Waals surface area contributed by atoms with Crippen LogP contribution in [0.15, 0.2) is 57.1 Å².